The summed E-state index contributed by atoms with van der Waals surface area (Å²) in [4.78, 5) is 26.1. The smallest absolute Gasteiger partial charge is 0.261 e. The molecule has 0 fully saturated rings. The Bertz CT molecular complexity index is 798. The van der Waals surface area contributed by atoms with E-state index in [-0.39, 0.29) is 23.8 Å². The van der Waals surface area contributed by atoms with Gasteiger partial charge < -0.3 is 15.0 Å². The van der Waals surface area contributed by atoms with Crippen LogP contribution in [0.4, 0.5) is 8.78 Å². The van der Waals surface area contributed by atoms with Crippen LogP contribution in [0.15, 0.2) is 48.5 Å². The van der Waals surface area contributed by atoms with Crippen LogP contribution in [0.1, 0.15) is 19.4 Å². The summed E-state index contributed by atoms with van der Waals surface area (Å²) in [7, 11) is 0. The van der Waals surface area contributed by atoms with Crippen LogP contribution in [0.3, 0.4) is 0 Å². The molecule has 144 valence electrons. The molecule has 2 amide bonds. The maximum atomic E-state index is 14.0. The third-order valence-corrected chi connectivity index (χ3v) is 4.00. The van der Waals surface area contributed by atoms with E-state index in [0.29, 0.717) is 6.54 Å². The van der Waals surface area contributed by atoms with Gasteiger partial charge in [0.15, 0.2) is 18.2 Å². The minimum Gasteiger partial charge on any atom is -0.481 e. The Morgan fingerprint density at radius 3 is 2.33 bits per heavy atom. The molecule has 0 radical (unpaired) electrons. The molecule has 27 heavy (non-hydrogen) atoms. The largest absolute Gasteiger partial charge is 0.481 e. The van der Waals surface area contributed by atoms with E-state index in [1.807, 2.05) is 0 Å². The Balaban J connectivity index is 2.17. The molecular formula is C20H22F2N2O3. The van der Waals surface area contributed by atoms with Gasteiger partial charge in [0.1, 0.15) is 11.9 Å². The van der Waals surface area contributed by atoms with Crippen molar-refractivity contribution in [2.75, 3.05) is 13.2 Å². The molecule has 0 saturated heterocycles. The third-order valence-electron chi connectivity index (χ3n) is 4.00. The van der Waals surface area contributed by atoms with Crippen LogP contribution in [-0.4, -0.2) is 35.9 Å². The fraction of sp³-hybridized carbons (Fsp3) is 0.300. The van der Waals surface area contributed by atoms with Crippen LogP contribution in [0.5, 0.6) is 5.75 Å². The van der Waals surface area contributed by atoms with Crippen LogP contribution >= 0.6 is 0 Å². The van der Waals surface area contributed by atoms with Gasteiger partial charge in [0.2, 0.25) is 5.91 Å². The van der Waals surface area contributed by atoms with Gasteiger partial charge in [-0.05, 0) is 32.0 Å². The van der Waals surface area contributed by atoms with Gasteiger partial charge in [0.05, 0.1) is 0 Å². The van der Waals surface area contributed by atoms with E-state index in [0.717, 1.165) is 0 Å². The maximum absolute atomic E-state index is 14.0. The SMILES string of the molecule is CCNC(=O)C(C)N(Cc1ccccc1F)C(=O)COc1ccccc1F. The number of nitrogens with one attached hydrogen (secondary N) is 1. The Morgan fingerprint density at radius 2 is 1.70 bits per heavy atom. The summed E-state index contributed by atoms with van der Waals surface area (Å²) in [6, 6.07) is 10.9. The van der Waals surface area contributed by atoms with Gasteiger partial charge in [0.25, 0.3) is 5.91 Å². The minimum absolute atomic E-state index is 0.0673. The van der Waals surface area contributed by atoms with Crippen molar-refractivity contribution in [3.8, 4) is 5.75 Å². The predicted octanol–water partition coefficient (Wildman–Crippen LogP) is 2.90. The molecule has 0 aromatic heterocycles. The van der Waals surface area contributed by atoms with Gasteiger partial charge in [-0.3, -0.25) is 9.59 Å². The van der Waals surface area contributed by atoms with Crippen LogP contribution in [0, 0.1) is 11.6 Å². The number of amides is 2. The highest BCUT2D eigenvalue weighted by Crippen LogP contribution is 2.17. The predicted molar refractivity (Wildman–Crippen MR) is 97.0 cm³/mol. The monoisotopic (exact) mass is 376 g/mol. The summed E-state index contributed by atoms with van der Waals surface area (Å²) in [5.41, 5.74) is 0.271. The van der Waals surface area contributed by atoms with Crippen molar-refractivity contribution in [2.45, 2.75) is 26.4 Å². The molecular weight excluding hydrogens is 354 g/mol. The van der Waals surface area contributed by atoms with E-state index in [9.17, 15) is 18.4 Å². The third kappa shape index (κ3) is 5.51. The molecule has 7 heteroatoms. The van der Waals surface area contributed by atoms with Crippen molar-refractivity contribution in [3.63, 3.8) is 0 Å². The average molecular weight is 376 g/mol. The highest BCUT2D eigenvalue weighted by atomic mass is 19.1. The number of rotatable bonds is 8. The number of para-hydroxylation sites is 1. The number of carbonyl (C=O) groups excluding carboxylic acids is 2. The second-order valence-electron chi connectivity index (χ2n) is 5.90. The van der Waals surface area contributed by atoms with E-state index in [4.69, 9.17) is 4.74 Å². The highest BCUT2D eigenvalue weighted by Gasteiger charge is 2.27. The topological polar surface area (TPSA) is 58.6 Å². The zero-order valence-electron chi connectivity index (χ0n) is 15.2. The van der Waals surface area contributed by atoms with Crippen molar-refractivity contribution in [1.82, 2.24) is 10.2 Å². The van der Waals surface area contributed by atoms with Crippen molar-refractivity contribution in [2.24, 2.45) is 0 Å². The Labute approximate surface area is 156 Å². The minimum atomic E-state index is -0.846. The van der Waals surface area contributed by atoms with E-state index < -0.39 is 30.2 Å². The van der Waals surface area contributed by atoms with Crippen LogP contribution < -0.4 is 10.1 Å². The zero-order chi connectivity index (χ0) is 19.8. The molecule has 0 heterocycles. The molecule has 5 nitrogen and oxygen atoms in total. The summed E-state index contributed by atoms with van der Waals surface area (Å²) in [5.74, 6) is -2.06. The normalized spacial score (nSPS) is 11.6. The van der Waals surface area contributed by atoms with Crippen molar-refractivity contribution < 1.29 is 23.1 Å². The van der Waals surface area contributed by atoms with E-state index in [1.54, 1.807) is 32.0 Å². The molecule has 2 aromatic rings. The van der Waals surface area contributed by atoms with Crippen LogP contribution in [0.25, 0.3) is 0 Å². The lowest BCUT2D eigenvalue weighted by molar-refractivity contribution is -0.142. The van der Waals surface area contributed by atoms with E-state index >= 15 is 0 Å². The standard InChI is InChI=1S/C20H22F2N2O3/c1-3-23-20(26)14(2)24(12-15-8-4-5-9-16(15)21)19(25)13-27-18-11-7-6-10-17(18)22/h4-11,14H,3,12-13H2,1-2H3,(H,23,26). The molecule has 0 aliphatic heterocycles. The first-order chi connectivity index (χ1) is 12.9. The first kappa shape index (κ1) is 20.4. The van der Waals surface area contributed by atoms with Gasteiger partial charge >= 0.3 is 0 Å². The number of nitrogens with zero attached hydrogens (tertiary/aromatic N) is 1. The number of likely N-dealkylation sites (N-methyl/N-ethyl adjacent to an activating group) is 1. The molecule has 1 unspecified atom stereocenters. The summed E-state index contributed by atoms with van der Waals surface area (Å²) in [6.45, 7) is 3.13. The Kier molecular flexibility index (Phi) is 7.28. The van der Waals surface area contributed by atoms with Crippen molar-refractivity contribution >= 4 is 11.8 Å². The molecule has 1 atom stereocenters. The van der Waals surface area contributed by atoms with Crippen LogP contribution in [-0.2, 0) is 16.1 Å². The first-order valence-electron chi connectivity index (χ1n) is 8.62. The van der Waals surface area contributed by atoms with Crippen molar-refractivity contribution in [3.05, 3.63) is 65.7 Å². The molecule has 0 bridgehead atoms. The molecule has 2 rings (SSSR count). The van der Waals surface area contributed by atoms with Crippen LogP contribution in [0.2, 0.25) is 0 Å². The van der Waals surface area contributed by atoms with E-state index in [2.05, 4.69) is 5.32 Å². The Hall–Kier alpha value is -2.96. The molecule has 2 aromatic carbocycles. The second-order valence-corrected chi connectivity index (χ2v) is 5.90. The second kappa shape index (κ2) is 9.66. The highest BCUT2D eigenvalue weighted by molar-refractivity contribution is 5.87. The first-order valence-corrected chi connectivity index (χ1v) is 8.62. The number of hydrogen-bond acceptors (Lipinski definition) is 3. The summed E-state index contributed by atoms with van der Waals surface area (Å²) < 4.78 is 32.9. The van der Waals surface area contributed by atoms with Gasteiger partial charge in [-0.15, -0.1) is 0 Å². The van der Waals surface area contributed by atoms with Gasteiger partial charge in [-0.2, -0.15) is 0 Å². The van der Waals surface area contributed by atoms with Crippen molar-refractivity contribution in [1.29, 1.82) is 0 Å². The number of carbonyl (C=O) groups is 2. The van der Waals surface area contributed by atoms with Gasteiger partial charge in [-0.25, -0.2) is 8.78 Å². The molecule has 0 aliphatic rings. The molecule has 0 spiro atoms. The number of ether oxygens (including phenoxy) is 1. The van der Waals surface area contributed by atoms with Gasteiger partial charge in [-0.1, -0.05) is 30.3 Å². The molecule has 0 aliphatic carbocycles. The fourth-order valence-electron chi connectivity index (χ4n) is 2.50. The number of benzene rings is 2. The lowest BCUT2D eigenvalue weighted by atomic mass is 10.1. The fourth-order valence-corrected chi connectivity index (χ4v) is 2.50. The lowest BCUT2D eigenvalue weighted by Gasteiger charge is -2.28. The number of halogens is 2. The summed E-state index contributed by atoms with van der Waals surface area (Å²) in [5, 5.41) is 2.64. The van der Waals surface area contributed by atoms with Gasteiger partial charge in [0, 0.05) is 18.7 Å². The Morgan fingerprint density at radius 1 is 1.07 bits per heavy atom. The maximum Gasteiger partial charge on any atom is 0.261 e. The lowest BCUT2D eigenvalue weighted by Crippen LogP contribution is -2.49. The average Bonchev–Trinajstić information content (AvgIpc) is 2.66. The quantitative estimate of drug-likeness (QED) is 0.771. The van der Waals surface area contributed by atoms with E-state index in [1.165, 1.54) is 35.2 Å². The molecule has 1 N–H and O–H groups in total. The summed E-state index contributed by atoms with van der Waals surface area (Å²) >= 11 is 0. The molecule has 0 saturated carbocycles. The number of hydrogen-bond donors (Lipinski definition) is 1. The zero-order valence-corrected chi connectivity index (χ0v) is 15.2. The summed E-state index contributed by atoms with van der Waals surface area (Å²) in [6.07, 6.45) is 0.